The van der Waals surface area contributed by atoms with E-state index < -0.39 is 0 Å². The largest absolute Gasteiger partial charge is 1.00 e. The van der Waals surface area contributed by atoms with E-state index in [4.69, 9.17) is 0 Å². The summed E-state index contributed by atoms with van der Waals surface area (Å²) in [5.41, 5.74) is 2.38. The SMILES string of the molecule is C=CC[n+]1cc(C=C)ccc1C.[Br-]. The van der Waals surface area contributed by atoms with Crippen molar-refractivity contribution in [1.29, 1.82) is 0 Å². The van der Waals surface area contributed by atoms with E-state index in [1.807, 2.05) is 12.2 Å². The highest BCUT2D eigenvalue weighted by Gasteiger charge is 2.02. The maximum Gasteiger partial charge on any atom is 0.178 e. The fraction of sp³-hybridized carbons (Fsp3) is 0.182. The van der Waals surface area contributed by atoms with Gasteiger partial charge in [-0.1, -0.05) is 19.2 Å². The smallest absolute Gasteiger partial charge is 0.178 e. The number of aryl methyl sites for hydroxylation is 1. The van der Waals surface area contributed by atoms with Gasteiger partial charge in [0.05, 0.1) is 0 Å². The molecule has 1 heterocycles. The zero-order valence-electron chi connectivity index (χ0n) is 7.83. The maximum atomic E-state index is 3.72. The van der Waals surface area contributed by atoms with Crippen LogP contribution in [-0.4, -0.2) is 0 Å². The van der Waals surface area contributed by atoms with Crippen LogP contribution in [0.2, 0.25) is 0 Å². The average Bonchev–Trinajstić information content (AvgIpc) is 2.09. The third-order valence-electron chi connectivity index (χ3n) is 1.84. The number of hydrogen-bond donors (Lipinski definition) is 0. The first-order chi connectivity index (χ1) is 5.77. The van der Waals surface area contributed by atoms with Crippen LogP contribution in [0.25, 0.3) is 6.08 Å². The second kappa shape index (κ2) is 5.70. The Balaban J connectivity index is 0.00000144. The van der Waals surface area contributed by atoms with Crippen LogP contribution in [0.4, 0.5) is 0 Å². The van der Waals surface area contributed by atoms with Gasteiger partial charge in [0.2, 0.25) is 0 Å². The molecule has 0 aliphatic heterocycles. The van der Waals surface area contributed by atoms with Gasteiger partial charge in [0, 0.05) is 18.6 Å². The molecule has 0 saturated carbocycles. The maximum absolute atomic E-state index is 3.72. The van der Waals surface area contributed by atoms with E-state index in [0.717, 1.165) is 12.1 Å². The number of pyridine rings is 1. The minimum absolute atomic E-state index is 0. The molecule has 0 fully saturated rings. The predicted octanol–water partition coefficient (Wildman–Crippen LogP) is -0.884. The molecule has 0 spiro atoms. The number of hydrogen-bond acceptors (Lipinski definition) is 0. The van der Waals surface area contributed by atoms with Gasteiger partial charge in [-0.3, -0.25) is 0 Å². The first-order valence-corrected chi connectivity index (χ1v) is 4.01. The van der Waals surface area contributed by atoms with Gasteiger partial charge in [-0.25, -0.2) is 0 Å². The molecule has 70 valence electrons. The Hall–Kier alpha value is -0.890. The zero-order chi connectivity index (χ0) is 8.97. The Morgan fingerprint density at radius 1 is 1.38 bits per heavy atom. The minimum atomic E-state index is 0. The van der Waals surface area contributed by atoms with E-state index in [2.05, 4.69) is 43.0 Å². The summed E-state index contributed by atoms with van der Waals surface area (Å²) in [6, 6.07) is 4.14. The van der Waals surface area contributed by atoms with E-state index in [-0.39, 0.29) is 17.0 Å². The fourth-order valence-corrected chi connectivity index (χ4v) is 1.09. The van der Waals surface area contributed by atoms with Crippen LogP contribution in [0.3, 0.4) is 0 Å². The predicted molar refractivity (Wildman–Crippen MR) is 51.7 cm³/mol. The van der Waals surface area contributed by atoms with Crippen molar-refractivity contribution >= 4 is 6.08 Å². The first kappa shape index (κ1) is 12.1. The molecule has 0 N–H and O–H groups in total. The van der Waals surface area contributed by atoms with Gasteiger partial charge < -0.3 is 17.0 Å². The van der Waals surface area contributed by atoms with Crippen molar-refractivity contribution in [3.05, 3.63) is 48.8 Å². The molecule has 1 nitrogen and oxygen atoms in total. The average molecular weight is 240 g/mol. The summed E-state index contributed by atoms with van der Waals surface area (Å²) < 4.78 is 2.14. The Bertz CT molecular complexity index is 305. The molecule has 0 bridgehead atoms. The number of nitrogens with zero attached hydrogens (tertiary/aromatic N) is 1. The molecular formula is C11H14BrN. The van der Waals surface area contributed by atoms with Crippen molar-refractivity contribution in [2.24, 2.45) is 0 Å². The molecule has 0 aliphatic rings. The molecule has 0 aromatic carbocycles. The molecule has 1 aromatic heterocycles. The van der Waals surface area contributed by atoms with Gasteiger partial charge in [0.1, 0.15) is 0 Å². The van der Waals surface area contributed by atoms with E-state index in [1.165, 1.54) is 5.69 Å². The van der Waals surface area contributed by atoms with E-state index in [1.54, 1.807) is 0 Å². The van der Waals surface area contributed by atoms with Crippen LogP contribution in [0.1, 0.15) is 11.3 Å². The molecule has 0 aliphatic carbocycles. The molecule has 1 aromatic rings. The first-order valence-electron chi connectivity index (χ1n) is 4.01. The molecule has 0 saturated heterocycles. The normalized spacial score (nSPS) is 8.69. The van der Waals surface area contributed by atoms with Crippen LogP contribution in [0.5, 0.6) is 0 Å². The Morgan fingerprint density at radius 2 is 2.08 bits per heavy atom. The minimum Gasteiger partial charge on any atom is -1.00 e. The van der Waals surface area contributed by atoms with Gasteiger partial charge in [-0.15, -0.1) is 0 Å². The second-order valence-corrected chi connectivity index (χ2v) is 2.75. The van der Waals surface area contributed by atoms with Crippen LogP contribution < -0.4 is 21.5 Å². The fourth-order valence-electron chi connectivity index (χ4n) is 1.09. The van der Waals surface area contributed by atoms with Gasteiger partial charge in [-0.2, -0.15) is 4.57 Å². The van der Waals surface area contributed by atoms with E-state index >= 15 is 0 Å². The van der Waals surface area contributed by atoms with Crippen molar-refractivity contribution < 1.29 is 21.5 Å². The lowest BCUT2D eigenvalue weighted by molar-refractivity contribution is -0.693. The highest BCUT2D eigenvalue weighted by molar-refractivity contribution is 5.43. The van der Waals surface area contributed by atoms with Crippen LogP contribution in [-0.2, 0) is 6.54 Å². The van der Waals surface area contributed by atoms with E-state index in [9.17, 15) is 0 Å². The Labute approximate surface area is 90.2 Å². The lowest BCUT2D eigenvalue weighted by Crippen LogP contribution is -3.00. The number of rotatable bonds is 3. The van der Waals surface area contributed by atoms with Crippen LogP contribution in [0, 0.1) is 6.92 Å². The third kappa shape index (κ3) is 3.15. The van der Waals surface area contributed by atoms with Crippen molar-refractivity contribution in [2.75, 3.05) is 0 Å². The summed E-state index contributed by atoms with van der Waals surface area (Å²) in [5.74, 6) is 0. The van der Waals surface area contributed by atoms with E-state index in [0.29, 0.717) is 0 Å². The third-order valence-corrected chi connectivity index (χ3v) is 1.84. The van der Waals surface area contributed by atoms with Gasteiger partial charge in [-0.05, 0) is 12.1 Å². The van der Waals surface area contributed by atoms with Gasteiger partial charge in [0.25, 0.3) is 0 Å². The summed E-state index contributed by atoms with van der Waals surface area (Å²) in [6.07, 6.45) is 5.81. The summed E-state index contributed by atoms with van der Waals surface area (Å²) in [5, 5.41) is 0. The molecule has 0 atom stereocenters. The van der Waals surface area contributed by atoms with Crippen LogP contribution >= 0.6 is 0 Å². The summed E-state index contributed by atoms with van der Waals surface area (Å²) >= 11 is 0. The zero-order valence-corrected chi connectivity index (χ0v) is 9.42. The highest BCUT2D eigenvalue weighted by Crippen LogP contribution is 1.98. The van der Waals surface area contributed by atoms with Crippen LogP contribution in [0.15, 0.2) is 37.6 Å². The molecule has 13 heavy (non-hydrogen) atoms. The Morgan fingerprint density at radius 3 is 2.62 bits per heavy atom. The molecule has 0 amide bonds. The Kier molecular flexibility index (Phi) is 5.31. The van der Waals surface area contributed by atoms with Crippen molar-refractivity contribution in [3.63, 3.8) is 0 Å². The molecule has 0 radical (unpaired) electrons. The van der Waals surface area contributed by atoms with Crippen molar-refractivity contribution in [2.45, 2.75) is 13.5 Å². The number of halogens is 1. The number of allylic oxidation sites excluding steroid dienone is 1. The van der Waals surface area contributed by atoms with Gasteiger partial charge >= 0.3 is 0 Å². The lowest BCUT2D eigenvalue weighted by atomic mass is 10.2. The summed E-state index contributed by atoms with van der Waals surface area (Å²) in [6.45, 7) is 10.4. The molecular weight excluding hydrogens is 226 g/mol. The second-order valence-electron chi connectivity index (χ2n) is 2.75. The summed E-state index contributed by atoms with van der Waals surface area (Å²) in [4.78, 5) is 0. The quantitative estimate of drug-likeness (QED) is 0.477. The monoisotopic (exact) mass is 239 g/mol. The molecule has 1 rings (SSSR count). The highest BCUT2D eigenvalue weighted by atomic mass is 79.9. The van der Waals surface area contributed by atoms with Crippen molar-refractivity contribution in [3.8, 4) is 0 Å². The lowest BCUT2D eigenvalue weighted by Gasteiger charge is -1.97. The summed E-state index contributed by atoms with van der Waals surface area (Å²) in [7, 11) is 0. The topological polar surface area (TPSA) is 3.88 Å². The number of aromatic nitrogens is 1. The molecule has 2 heteroatoms. The molecule has 0 unspecified atom stereocenters. The van der Waals surface area contributed by atoms with Gasteiger partial charge in [0.15, 0.2) is 18.4 Å². The van der Waals surface area contributed by atoms with Crippen molar-refractivity contribution in [1.82, 2.24) is 0 Å². The standard InChI is InChI=1S/C11H14N.BrH/c1-4-8-12-9-11(5-2)7-6-10(12)3;/h4-7,9H,1-2,8H2,3H3;1H/q+1;/p-1.